The van der Waals surface area contributed by atoms with Gasteiger partial charge in [0.25, 0.3) is 0 Å². The number of hydrogen-bond acceptors (Lipinski definition) is 4. The van der Waals surface area contributed by atoms with Crippen molar-refractivity contribution in [3.63, 3.8) is 0 Å². The van der Waals surface area contributed by atoms with Gasteiger partial charge in [0.05, 0.1) is 0 Å². The highest BCUT2D eigenvalue weighted by molar-refractivity contribution is 5.49. The Kier molecular flexibility index (Phi) is 4.00. The fraction of sp³-hybridized carbons (Fsp3) is 0.500. The van der Waals surface area contributed by atoms with E-state index in [2.05, 4.69) is 10.4 Å². The topological polar surface area (TPSA) is 54.2 Å². The van der Waals surface area contributed by atoms with E-state index in [1.165, 1.54) is 0 Å². The molecule has 16 heavy (non-hydrogen) atoms. The molecule has 0 atom stereocenters. The number of pyridine rings is 1. The largest absolute Gasteiger partial charge is 0.352 e. The SMILES string of the molecule is CCN(c1nc(NN)c(F)cc1F)C(C)C. The van der Waals surface area contributed by atoms with Crippen LogP contribution in [0, 0.1) is 11.6 Å². The Morgan fingerprint density at radius 1 is 1.44 bits per heavy atom. The van der Waals surface area contributed by atoms with Crippen molar-refractivity contribution in [2.45, 2.75) is 26.8 Å². The van der Waals surface area contributed by atoms with Crippen molar-refractivity contribution in [3.8, 4) is 0 Å². The highest BCUT2D eigenvalue weighted by Crippen LogP contribution is 2.23. The Labute approximate surface area is 93.4 Å². The van der Waals surface area contributed by atoms with Gasteiger partial charge in [-0.25, -0.2) is 19.6 Å². The maximum Gasteiger partial charge on any atom is 0.178 e. The van der Waals surface area contributed by atoms with Crippen molar-refractivity contribution >= 4 is 11.6 Å². The number of anilines is 2. The van der Waals surface area contributed by atoms with Crippen LogP contribution in [0.25, 0.3) is 0 Å². The molecule has 0 saturated carbocycles. The first-order chi connectivity index (χ1) is 7.51. The highest BCUT2D eigenvalue weighted by Gasteiger charge is 2.18. The van der Waals surface area contributed by atoms with Gasteiger partial charge in [0.15, 0.2) is 23.3 Å². The molecule has 0 saturated heterocycles. The lowest BCUT2D eigenvalue weighted by atomic mass is 10.3. The standard InChI is InChI=1S/C10H16F2N4/c1-4-16(6(2)3)10-8(12)5-7(11)9(14-10)15-13/h5-6H,4,13H2,1-3H3,(H,14,15). The number of nitrogen functional groups attached to an aromatic ring is 1. The van der Waals surface area contributed by atoms with E-state index in [1.54, 1.807) is 4.90 Å². The Balaban J connectivity index is 3.21. The Morgan fingerprint density at radius 2 is 2.06 bits per heavy atom. The fourth-order valence-electron chi connectivity index (χ4n) is 1.52. The smallest absolute Gasteiger partial charge is 0.178 e. The molecule has 0 radical (unpaired) electrons. The number of halogens is 2. The highest BCUT2D eigenvalue weighted by atomic mass is 19.1. The van der Waals surface area contributed by atoms with Gasteiger partial charge in [0.1, 0.15) is 0 Å². The van der Waals surface area contributed by atoms with E-state index < -0.39 is 11.6 Å². The van der Waals surface area contributed by atoms with E-state index in [1.807, 2.05) is 20.8 Å². The molecule has 0 aliphatic rings. The average molecular weight is 230 g/mol. The normalized spacial score (nSPS) is 10.7. The summed E-state index contributed by atoms with van der Waals surface area (Å²) in [6.07, 6.45) is 0. The maximum absolute atomic E-state index is 13.6. The van der Waals surface area contributed by atoms with Crippen LogP contribution in [0.3, 0.4) is 0 Å². The summed E-state index contributed by atoms with van der Waals surface area (Å²) in [6, 6.07) is 0.853. The van der Waals surface area contributed by atoms with Crippen molar-refractivity contribution in [1.29, 1.82) is 0 Å². The number of nitrogens with zero attached hydrogens (tertiary/aromatic N) is 2. The summed E-state index contributed by atoms with van der Waals surface area (Å²) in [4.78, 5) is 5.54. The molecule has 0 bridgehead atoms. The third-order valence-electron chi connectivity index (χ3n) is 2.28. The predicted octanol–water partition coefficient (Wildman–Crippen LogP) is 1.88. The van der Waals surface area contributed by atoms with Crippen molar-refractivity contribution < 1.29 is 8.78 Å². The van der Waals surface area contributed by atoms with Crippen LogP contribution in [0.15, 0.2) is 6.07 Å². The summed E-state index contributed by atoms with van der Waals surface area (Å²) in [5.41, 5.74) is 2.10. The molecular formula is C10H16F2N4. The van der Waals surface area contributed by atoms with Crippen LogP contribution >= 0.6 is 0 Å². The van der Waals surface area contributed by atoms with Gasteiger partial charge in [0.2, 0.25) is 0 Å². The molecule has 4 nitrogen and oxygen atoms in total. The van der Waals surface area contributed by atoms with Gasteiger partial charge in [-0.05, 0) is 20.8 Å². The molecule has 1 heterocycles. The monoisotopic (exact) mass is 230 g/mol. The zero-order valence-corrected chi connectivity index (χ0v) is 9.59. The summed E-state index contributed by atoms with van der Waals surface area (Å²) < 4.78 is 26.7. The molecule has 1 aromatic rings. The molecule has 0 aromatic carbocycles. The molecule has 1 aromatic heterocycles. The lowest BCUT2D eigenvalue weighted by Gasteiger charge is -2.26. The van der Waals surface area contributed by atoms with Crippen LogP contribution in [-0.2, 0) is 0 Å². The van der Waals surface area contributed by atoms with Crippen molar-refractivity contribution in [2.75, 3.05) is 16.9 Å². The molecule has 0 fully saturated rings. The van der Waals surface area contributed by atoms with Crippen LogP contribution in [-0.4, -0.2) is 17.6 Å². The summed E-state index contributed by atoms with van der Waals surface area (Å²) in [5, 5.41) is 0. The number of rotatable bonds is 4. The first kappa shape index (κ1) is 12.6. The van der Waals surface area contributed by atoms with Crippen molar-refractivity contribution in [1.82, 2.24) is 4.98 Å². The van der Waals surface area contributed by atoms with Crippen LogP contribution in [0.5, 0.6) is 0 Å². The Hall–Kier alpha value is -1.43. The van der Waals surface area contributed by atoms with E-state index in [9.17, 15) is 8.78 Å². The molecule has 0 spiro atoms. The van der Waals surface area contributed by atoms with Gasteiger partial charge < -0.3 is 10.3 Å². The zero-order valence-electron chi connectivity index (χ0n) is 9.59. The molecule has 3 N–H and O–H groups in total. The number of aromatic nitrogens is 1. The summed E-state index contributed by atoms with van der Waals surface area (Å²) in [7, 11) is 0. The first-order valence-corrected chi connectivity index (χ1v) is 5.10. The molecular weight excluding hydrogens is 214 g/mol. The van der Waals surface area contributed by atoms with E-state index in [0.717, 1.165) is 6.07 Å². The molecule has 6 heteroatoms. The molecule has 90 valence electrons. The van der Waals surface area contributed by atoms with Crippen LogP contribution < -0.4 is 16.2 Å². The second-order valence-corrected chi connectivity index (χ2v) is 3.65. The zero-order chi connectivity index (χ0) is 12.3. The van der Waals surface area contributed by atoms with Gasteiger partial charge >= 0.3 is 0 Å². The molecule has 0 unspecified atom stereocenters. The van der Waals surface area contributed by atoms with Crippen LogP contribution in [0.4, 0.5) is 20.4 Å². The van der Waals surface area contributed by atoms with Crippen LogP contribution in [0.1, 0.15) is 20.8 Å². The Bertz CT molecular complexity index is 368. The number of hydrazine groups is 1. The summed E-state index contributed by atoms with van der Waals surface area (Å²) >= 11 is 0. The second kappa shape index (κ2) is 5.07. The first-order valence-electron chi connectivity index (χ1n) is 5.10. The summed E-state index contributed by atoms with van der Waals surface area (Å²) in [6.45, 7) is 6.27. The van der Waals surface area contributed by atoms with E-state index in [4.69, 9.17) is 5.84 Å². The quantitative estimate of drug-likeness (QED) is 0.612. The predicted molar refractivity (Wildman–Crippen MR) is 60.1 cm³/mol. The third kappa shape index (κ3) is 2.38. The maximum atomic E-state index is 13.6. The Morgan fingerprint density at radius 3 is 2.50 bits per heavy atom. The van der Waals surface area contributed by atoms with E-state index >= 15 is 0 Å². The van der Waals surface area contributed by atoms with Crippen molar-refractivity contribution in [2.24, 2.45) is 5.84 Å². The minimum atomic E-state index is -0.802. The van der Waals surface area contributed by atoms with Gasteiger partial charge in [-0.1, -0.05) is 0 Å². The molecule has 0 aliphatic carbocycles. The number of nitrogens with two attached hydrogens (primary N) is 1. The lowest BCUT2D eigenvalue weighted by Crippen LogP contribution is -2.32. The lowest BCUT2D eigenvalue weighted by molar-refractivity contribution is 0.562. The van der Waals surface area contributed by atoms with Gasteiger partial charge in [-0.3, -0.25) is 0 Å². The van der Waals surface area contributed by atoms with Crippen molar-refractivity contribution in [3.05, 3.63) is 17.7 Å². The average Bonchev–Trinajstić information content (AvgIpc) is 2.21. The molecule has 1 rings (SSSR count). The summed E-state index contributed by atoms with van der Waals surface area (Å²) in [5.74, 6) is 3.55. The molecule has 0 amide bonds. The van der Waals surface area contributed by atoms with E-state index in [-0.39, 0.29) is 17.7 Å². The molecule has 0 aliphatic heterocycles. The van der Waals surface area contributed by atoms with Gasteiger partial charge in [-0.2, -0.15) is 0 Å². The minimum Gasteiger partial charge on any atom is -0.352 e. The van der Waals surface area contributed by atoms with Gasteiger partial charge in [-0.15, -0.1) is 0 Å². The number of nitrogens with one attached hydrogen (secondary N) is 1. The number of hydrogen-bond donors (Lipinski definition) is 2. The minimum absolute atomic E-state index is 0.0723. The van der Waals surface area contributed by atoms with Gasteiger partial charge in [0, 0.05) is 18.7 Å². The van der Waals surface area contributed by atoms with Crippen LogP contribution in [0.2, 0.25) is 0 Å². The third-order valence-corrected chi connectivity index (χ3v) is 2.28. The van der Waals surface area contributed by atoms with E-state index in [0.29, 0.717) is 6.54 Å². The fourth-order valence-corrected chi connectivity index (χ4v) is 1.52. The second-order valence-electron chi connectivity index (χ2n) is 3.65.